The highest BCUT2D eigenvalue weighted by atomic mass is 16.5. The lowest BCUT2D eigenvalue weighted by molar-refractivity contribution is -0.131. The van der Waals surface area contributed by atoms with E-state index in [0.717, 1.165) is 25.7 Å². The van der Waals surface area contributed by atoms with E-state index >= 15 is 0 Å². The quantitative estimate of drug-likeness (QED) is 0.846. The van der Waals surface area contributed by atoms with Crippen molar-refractivity contribution < 1.29 is 14.6 Å². The van der Waals surface area contributed by atoms with Crippen molar-refractivity contribution in [1.82, 2.24) is 0 Å². The molecule has 0 bridgehead atoms. The Balaban J connectivity index is 1.79. The Bertz CT molecular complexity index is 550. The maximum absolute atomic E-state index is 13.3. The fourth-order valence-electron chi connectivity index (χ4n) is 8.15. The van der Waals surface area contributed by atoms with Gasteiger partial charge in [0.05, 0.1) is 11.7 Å². The van der Waals surface area contributed by atoms with E-state index in [0.29, 0.717) is 30.1 Å². The Labute approximate surface area is 140 Å². The van der Waals surface area contributed by atoms with Gasteiger partial charge in [-0.15, -0.1) is 0 Å². The van der Waals surface area contributed by atoms with Crippen LogP contribution < -0.4 is 0 Å². The average molecular weight is 320 g/mol. The number of hydrogen-bond acceptors (Lipinski definition) is 3. The van der Waals surface area contributed by atoms with Gasteiger partial charge in [0.2, 0.25) is 0 Å². The molecule has 1 N–H and O–H groups in total. The Hall–Kier alpha value is -0.410. The molecule has 0 aromatic carbocycles. The predicted octanol–water partition coefficient (Wildman–Crippen LogP) is 3.58. The van der Waals surface area contributed by atoms with Crippen molar-refractivity contribution in [1.29, 1.82) is 0 Å². The van der Waals surface area contributed by atoms with Crippen LogP contribution in [0.4, 0.5) is 0 Å². The highest BCUT2D eigenvalue weighted by molar-refractivity contribution is 5.90. The van der Waals surface area contributed by atoms with E-state index in [2.05, 4.69) is 13.8 Å². The van der Waals surface area contributed by atoms with E-state index in [4.69, 9.17) is 4.74 Å². The Morgan fingerprint density at radius 3 is 2.57 bits per heavy atom. The zero-order valence-electron chi connectivity index (χ0n) is 15.3. The van der Waals surface area contributed by atoms with Gasteiger partial charge in [-0.3, -0.25) is 4.79 Å². The molecule has 130 valence electrons. The maximum atomic E-state index is 13.3. The van der Waals surface area contributed by atoms with Crippen molar-refractivity contribution in [3.8, 4) is 0 Å². The fourth-order valence-corrected chi connectivity index (χ4v) is 8.15. The number of fused-ring (bicyclic) bond motifs is 2. The SMILES string of the molecule is CO[C@@H]1C[C@@H]2C[C@@]34CC[C@H](C(C)(C)O)[C@]3(C)CC(=O)[C@@]4(C)[C@@H]2C1. The zero-order chi connectivity index (χ0) is 16.8. The molecule has 7 atom stereocenters. The molecular weight excluding hydrogens is 288 g/mol. The van der Waals surface area contributed by atoms with Crippen LogP contribution in [-0.2, 0) is 9.53 Å². The number of ether oxygens (including phenoxy) is 1. The molecule has 4 saturated carbocycles. The summed E-state index contributed by atoms with van der Waals surface area (Å²) in [5.74, 6) is 1.83. The lowest BCUT2D eigenvalue weighted by Gasteiger charge is -2.48. The Morgan fingerprint density at radius 2 is 1.96 bits per heavy atom. The van der Waals surface area contributed by atoms with E-state index in [1.54, 1.807) is 0 Å². The number of Topliss-reactive ketones (excluding diaryl/α,β-unsaturated/α-hetero) is 1. The molecular formula is C20H32O3. The van der Waals surface area contributed by atoms with E-state index in [1.165, 1.54) is 6.42 Å². The molecule has 0 amide bonds. The van der Waals surface area contributed by atoms with Crippen molar-refractivity contribution in [3.63, 3.8) is 0 Å². The minimum Gasteiger partial charge on any atom is -0.390 e. The molecule has 0 saturated heterocycles. The van der Waals surface area contributed by atoms with Gasteiger partial charge in [-0.05, 0) is 74.5 Å². The third-order valence-corrected chi connectivity index (χ3v) is 9.01. The van der Waals surface area contributed by atoms with Crippen LogP contribution in [-0.4, -0.2) is 29.7 Å². The fraction of sp³-hybridized carbons (Fsp3) is 0.950. The summed E-state index contributed by atoms with van der Waals surface area (Å²) in [6.07, 6.45) is 6.53. The predicted molar refractivity (Wildman–Crippen MR) is 88.9 cm³/mol. The van der Waals surface area contributed by atoms with Gasteiger partial charge in [-0.25, -0.2) is 0 Å². The molecule has 23 heavy (non-hydrogen) atoms. The molecule has 4 aliphatic carbocycles. The number of rotatable bonds is 2. The summed E-state index contributed by atoms with van der Waals surface area (Å²) >= 11 is 0. The smallest absolute Gasteiger partial charge is 0.140 e. The van der Waals surface area contributed by atoms with Gasteiger partial charge in [0.1, 0.15) is 5.78 Å². The lowest BCUT2D eigenvalue weighted by atomic mass is 9.55. The molecule has 0 heterocycles. The van der Waals surface area contributed by atoms with E-state index in [1.807, 2.05) is 21.0 Å². The zero-order valence-corrected chi connectivity index (χ0v) is 15.3. The summed E-state index contributed by atoms with van der Waals surface area (Å²) in [6.45, 7) is 8.48. The van der Waals surface area contributed by atoms with Crippen LogP contribution in [0.2, 0.25) is 0 Å². The number of hydrogen-bond donors (Lipinski definition) is 1. The normalized spacial score (nSPS) is 55.1. The second-order valence-electron chi connectivity index (χ2n) is 9.95. The largest absolute Gasteiger partial charge is 0.390 e. The molecule has 3 nitrogen and oxygen atoms in total. The van der Waals surface area contributed by atoms with Crippen LogP contribution >= 0.6 is 0 Å². The summed E-state index contributed by atoms with van der Waals surface area (Å²) in [4.78, 5) is 13.3. The van der Waals surface area contributed by atoms with E-state index in [9.17, 15) is 9.90 Å². The highest BCUT2D eigenvalue weighted by Gasteiger charge is 2.79. The standard InChI is InChI=1S/C20H32O3/c1-17(2,22)15-6-7-20-10-12-8-13(23-5)9-14(12)19(20,4)16(21)11-18(15,20)3/h12-15,22H,6-11H2,1-5H3/t12-,13-,14-,15-,18+,19-,20+/m1/s1. The molecule has 4 rings (SSSR count). The van der Waals surface area contributed by atoms with Crippen LogP contribution in [0.3, 0.4) is 0 Å². The second-order valence-corrected chi connectivity index (χ2v) is 9.95. The Kier molecular flexibility index (Phi) is 3.08. The number of carbonyl (C=O) groups is 1. The highest BCUT2D eigenvalue weighted by Crippen LogP contribution is 2.81. The van der Waals surface area contributed by atoms with Crippen LogP contribution in [0, 0.1) is 34.0 Å². The topological polar surface area (TPSA) is 46.5 Å². The Morgan fingerprint density at radius 1 is 1.26 bits per heavy atom. The maximum Gasteiger partial charge on any atom is 0.140 e. The van der Waals surface area contributed by atoms with Crippen LogP contribution in [0.25, 0.3) is 0 Å². The molecule has 1 spiro atoms. The van der Waals surface area contributed by atoms with Crippen molar-refractivity contribution in [3.05, 3.63) is 0 Å². The molecule has 4 fully saturated rings. The first-order chi connectivity index (χ1) is 10.6. The van der Waals surface area contributed by atoms with Crippen molar-refractivity contribution in [2.24, 2.45) is 34.0 Å². The van der Waals surface area contributed by atoms with Gasteiger partial charge < -0.3 is 9.84 Å². The molecule has 0 aromatic heterocycles. The van der Waals surface area contributed by atoms with Crippen LogP contribution in [0.5, 0.6) is 0 Å². The summed E-state index contributed by atoms with van der Waals surface area (Å²) in [7, 11) is 1.81. The minimum atomic E-state index is -0.698. The minimum absolute atomic E-state index is 0.0377. The van der Waals surface area contributed by atoms with E-state index < -0.39 is 5.60 Å². The number of ketones is 1. The second kappa shape index (κ2) is 4.40. The first-order valence-electron chi connectivity index (χ1n) is 9.38. The molecule has 0 aliphatic heterocycles. The van der Waals surface area contributed by atoms with Gasteiger partial charge in [0.15, 0.2) is 0 Å². The number of carbonyl (C=O) groups excluding carboxylic acids is 1. The first-order valence-corrected chi connectivity index (χ1v) is 9.38. The van der Waals surface area contributed by atoms with Gasteiger partial charge in [0.25, 0.3) is 0 Å². The van der Waals surface area contributed by atoms with Gasteiger partial charge >= 0.3 is 0 Å². The lowest BCUT2D eigenvalue weighted by Crippen LogP contribution is -2.47. The third-order valence-electron chi connectivity index (χ3n) is 9.01. The molecule has 0 aromatic rings. The summed E-state index contributed by atoms with van der Waals surface area (Å²) in [6, 6.07) is 0. The van der Waals surface area contributed by atoms with E-state index in [-0.39, 0.29) is 22.2 Å². The number of aliphatic hydroxyl groups is 1. The van der Waals surface area contributed by atoms with Crippen molar-refractivity contribution in [2.75, 3.05) is 7.11 Å². The van der Waals surface area contributed by atoms with Crippen molar-refractivity contribution in [2.45, 2.75) is 77.9 Å². The molecule has 0 unspecified atom stereocenters. The third kappa shape index (κ3) is 1.62. The summed E-state index contributed by atoms with van der Waals surface area (Å²) < 4.78 is 5.63. The van der Waals surface area contributed by atoms with Crippen LogP contribution in [0.1, 0.15) is 66.2 Å². The number of methoxy groups -OCH3 is 1. The van der Waals surface area contributed by atoms with Gasteiger partial charge in [0, 0.05) is 18.9 Å². The monoisotopic (exact) mass is 320 g/mol. The van der Waals surface area contributed by atoms with Crippen molar-refractivity contribution >= 4 is 5.78 Å². The molecule has 3 heteroatoms. The van der Waals surface area contributed by atoms with Crippen LogP contribution in [0.15, 0.2) is 0 Å². The summed E-state index contributed by atoms with van der Waals surface area (Å²) in [5.41, 5.74) is -0.823. The van der Waals surface area contributed by atoms with Gasteiger partial charge in [-0.1, -0.05) is 13.8 Å². The van der Waals surface area contributed by atoms with Gasteiger partial charge in [-0.2, -0.15) is 0 Å². The average Bonchev–Trinajstić information content (AvgIpc) is 3.07. The molecule has 4 aliphatic rings. The molecule has 0 radical (unpaired) electrons. The summed E-state index contributed by atoms with van der Waals surface area (Å²) in [5, 5.41) is 10.8. The first kappa shape index (κ1) is 16.1.